The van der Waals surface area contributed by atoms with Crippen molar-refractivity contribution in [2.24, 2.45) is 0 Å². The van der Waals surface area contributed by atoms with Crippen molar-refractivity contribution in [3.8, 4) is 0 Å². The van der Waals surface area contributed by atoms with Gasteiger partial charge < -0.3 is 0 Å². The number of non-ortho nitro benzene ring substituents is 1. The van der Waals surface area contributed by atoms with E-state index in [0.717, 1.165) is 5.39 Å². The van der Waals surface area contributed by atoms with Crippen LogP contribution in [0.25, 0.3) is 21.5 Å². The standard InChI is InChI=1S/C21H13NO3/c23-21(14-7-2-1-3-8-14)18-12-6-11-17-19(18)13-15-9-4-5-10-16(15)20(17)22(24)25/h1-13H. The average molecular weight is 327 g/mol. The highest BCUT2D eigenvalue weighted by Crippen LogP contribution is 2.36. The van der Waals surface area contributed by atoms with Crippen LogP contribution in [-0.2, 0) is 0 Å². The third kappa shape index (κ3) is 2.44. The number of carbonyl (C=O) groups excluding carboxylic acids is 1. The molecule has 4 aromatic rings. The minimum Gasteiger partial charge on any atom is -0.289 e. The van der Waals surface area contributed by atoms with E-state index >= 15 is 0 Å². The molecule has 0 fully saturated rings. The van der Waals surface area contributed by atoms with E-state index in [1.165, 1.54) is 0 Å². The summed E-state index contributed by atoms with van der Waals surface area (Å²) in [7, 11) is 0. The Kier molecular flexibility index (Phi) is 3.51. The lowest BCUT2D eigenvalue weighted by Gasteiger charge is -2.09. The number of hydrogen-bond acceptors (Lipinski definition) is 3. The summed E-state index contributed by atoms with van der Waals surface area (Å²) in [5, 5.41) is 14.1. The minimum atomic E-state index is -0.374. The number of fused-ring (bicyclic) bond motifs is 2. The van der Waals surface area contributed by atoms with Gasteiger partial charge in [-0.15, -0.1) is 0 Å². The van der Waals surface area contributed by atoms with Crippen LogP contribution in [0.3, 0.4) is 0 Å². The Labute approximate surface area is 143 Å². The molecule has 0 aliphatic carbocycles. The average Bonchev–Trinajstić information content (AvgIpc) is 2.65. The van der Waals surface area contributed by atoms with Gasteiger partial charge in [-0.05, 0) is 23.6 Å². The summed E-state index contributed by atoms with van der Waals surface area (Å²) in [4.78, 5) is 24.2. The van der Waals surface area contributed by atoms with Crippen LogP contribution in [0.1, 0.15) is 15.9 Å². The molecule has 0 radical (unpaired) electrons. The van der Waals surface area contributed by atoms with Gasteiger partial charge in [0.2, 0.25) is 0 Å². The van der Waals surface area contributed by atoms with E-state index in [9.17, 15) is 14.9 Å². The van der Waals surface area contributed by atoms with Gasteiger partial charge in [-0.1, -0.05) is 60.7 Å². The zero-order valence-electron chi connectivity index (χ0n) is 13.2. The molecule has 0 atom stereocenters. The maximum atomic E-state index is 12.9. The van der Waals surface area contributed by atoms with Crippen LogP contribution in [0.4, 0.5) is 5.69 Å². The summed E-state index contributed by atoms with van der Waals surface area (Å²) in [6, 6.07) is 23.1. The van der Waals surface area contributed by atoms with E-state index in [4.69, 9.17) is 0 Å². The van der Waals surface area contributed by atoms with Crippen LogP contribution in [0.2, 0.25) is 0 Å². The van der Waals surface area contributed by atoms with Crippen molar-refractivity contribution in [2.45, 2.75) is 0 Å². The molecule has 0 bridgehead atoms. The first-order chi connectivity index (χ1) is 12.2. The molecule has 0 heterocycles. The molecule has 0 saturated heterocycles. The number of nitrogens with zero attached hydrogens (tertiary/aromatic N) is 1. The summed E-state index contributed by atoms with van der Waals surface area (Å²) in [5.74, 6) is -0.143. The monoisotopic (exact) mass is 327 g/mol. The predicted octanol–water partition coefficient (Wildman–Crippen LogP) is 5.13. The van der Waals surface area contributed by atoms with Crippen molar-refractivity contribution < 1.29 is 9.72 Å². The topological polar surface area (TPSA) is 60.2 Å². The molecule has 0 unspecified atom stereocenters. The first kappa shape index (κ1) is 15.0. The van der Waals surface area contributed by atoms with Crippen molar-refractivity contribution in [1.29, 1.82) is 0 Å². The Morgan fingerprint density at radius 2 is 1.44 bits per heavy atom. The maximum Gasteiger partial charge on any atom is 0.284 e. The van der Waals surface area contributed by atoms with E-state index < -0.39 is 0 Å². The molecule has 0 saturated carbocycles. The molecule has 0 aliphatic heterocycles. The Hall–Kier alpha value is -3.53. The van der Waals surface area contributed by atoms with Crippen molar-refractivity contribution >= 4 is 33.0 Å². The number of rotatable bonds is 3. The molecule has 4 aromatic carbocycles. The largest absolute Gasteiger partial charge is 0.289 e. The molecule has 120 valence electrons. The number of benzene rings is 4. The van der Waals surface area contributed by atoms with Gasteiger partial charge in [0.15, 0.2) is 5.78 Å². The summed E-state index contributed by atoms with van der Waals surface area (Å²) < 4.78 is 0. The van der Waals surface area contributed by atoms with Gasteiger partial charge in [0.1, 0.15) is 0 Å². The molecule has 0 aromatic heterocycles. The zero-order valence-corrected chi connectivity index (χ0v) is 13.2. The van der Waals surface area contributed by atoms with Crippen molar-refractivity contribution in [1.82, 2.24) is 0 Å². The molecule has 0 spiro atoms. The summed E-state index contributed by atoms with van der Waals surface area (Å²) in [5.41, 5.74) is 1.07. The van der Waals surface area contributed by atoms with Gasteiger partial charge in [-0.2, -0.15) is 0 Å². The van der Waals surface area contributed by atoms with Crippen molar-refractivity contribution in [3.63, 3.8) is 0 Å². The summed E-state index contributed by atoms with van der Waals surface area (Å²) in [6.07, 6.45) is 0. The first-order valence-electron chi connectivity index (χ1n) is 7.85. The number of hydrogen-bond donors (Lipinski definition) is 0. The lowest BCUT2D eigenvalue weighted by atomic mass is 9.94. The molecule has 4 nitrogen and oxygen atoms in total. The molecule has 0 N–H and O–H groups in total. The predicted molar refractivity (Wildman–Crippen MR) is 98.0 cm³/mol. The van der Waals surface area contributed by atoms with E-state index in [-0.39, 0.29) is 16.4 Å². The van der Waals surface area contributed by atoms with Crippen molar-refractivity contribution in [3.05, 3.63) is 100 Å². The van der Waals surface area contributed by atoms with Crippen LogP contribution in [0, 0.1) is 10.1 Å². The molecule has 25 heavy (non-hydrogen) atoms. The highest BCUT2D eigenvalue weighted by molar-refractivity contribution is 6.20. The van der Waals surface area contributed by atoms with Crippen LogP contribution in [0.5, 0.6) is 0 Å². The molecule has 0 amide bonds. The smallest absolute Gasteiger partial charge is 0.284 e. The van der Waals surface area contributed by atoms with Crippen LogP contribution < -0.4 is 0 Å². The van der Waals surface area contributed by atoms with Crippen LogP contribution >= 0.6 is 0 Å². The third-order valence-electron chi connectivity index (χ3n) is 4.34. The number of carbonyl (C=O) groups is 1. The number of ketones is 1. The Bertz CT molecular complexity index is 1130. The van der Waals surface area contributed by atoms with Gasteiger partial charge >= 0.3 is 0 Å². The first-order valence-corrected chi connectivity index (χ1v) is 7.85. The minimum absolute atomic E-state index is 0.0378. The highest BCUT2D eigenvalue weighted by atomic mass is 16.6. The number of nitro benzene ring substituents is 1. The molecular formula is C21H13NO3. The van der Waals surface area contributed by atoms with Gasteiger partial charge in [0.05, 0.1) is 15.7 Å². The fourth-order valence-corrected chi connectivity index (χ4v) is 3.21. The third-order valence-corrected chi connectivity index (χ3v) is 4.34. The molecule has 4 heteroatoms. The maximum absolute atomic E-state index is 12.9. The van der Waals surface area contributed by atoms with Gasteiger partial charge in [0.25, 0.3) is 5.69 Å². The highest BCUT2D eigenvalue weighted by Gasteiger charge is 2.21. The van der Waals surface area contributed by atoms with Gasteiger partial charge in [-0.25, -0.2) is 0 Å². The summed E-state index contributed by atoms with van der Waals surface area (Å²) >= 11 is 0. The van der Waals surface area contributed by atoms with Crippen LogP contribution in [-0.4, -0.2) is 10.7 Å². The fraction of sp³-hybridized carbons (Fsp3) is 0. The van der Waals surface area contributed by atoms with E-state index in [0.29, 0.717) is 27.3 Å². The van der Waals surface area contributed by atoms with Gasteiger partial charge in [-0.3, -0.25) is 14.9 Å². The quantitative estimate of drug-likeness (QED) is 0.227. The lowest BCUT2D eigenvalue weighted by Crippen LogP contribution is -2.03. The number of nitro groups is 1. The van der Waals surface area contributed by atoms with E-state index in [1.807, 2.05) is 24.3 Å². The molecule has 4 rings (SSSR count). The summed E-state index contributed by atoms with van der Waals surface area (Å²) in [6.45, 7) is 0. The Morgan fingerprint density at radius 1 is 0.760 bits per heavy atom. The second-order valence-corrected chi connectivity index (χ2v) is 5.80. The molecular weight excluding hydrogens is 314 g/mol. The zero-order chi connectivity index (χ0) is 17.4. The van der Waals surface area contributed by atoms with E-state index in [2.05, 4.69) is 0 Å². The fourth-order valence-electron chi connectivity index (χ4n) is 3.21. The van der Waals surface area contributed by atoms with Crippen LogP contribution in [0.15, 0.2) is 78.9 Å². The molecule has 0 aliphatic rings. The van der Waals surface area contributed by atoms with Crippen molar-refractivity contribution in [2.75, 3.05) is 0 Å². The normalized spacial score (nSPS) is 10.9. The SMILES string of the molecule is O=C(c1ccccc1)c1cccc2c([N+](=O)[O-])c3ccccc3cc12. The lowest BCUT2D eigenvalue weighted by molar-refractivity contribution is -0.381. The van der Waals surface area contributed by atoms with E-state index in [1.54, 1.807) is 54.6 Å². The van der Waals surface area contributed by atoms with Gasteiger partial charge in [0, 0.05) is 16.5 Å². The Morgan fingerprint density at radius 3 is 2.20 bits per heavy atom. The Balaban J connectivity index is 2.08. The second-order valence-electron chi connectivity index (χ2n) is 5.80. The second kappa shape index (κ2) is 5.83.